The van der Waals surface area contributed by atoms with Gasteiger partial charge in [-0.2, -0.15) is 0 Å². The van der Waals surface area contributed by atoms with Gasteiger partial charge in [-0.3, -0.25) is 0 Å². The highest BCUT2D eigenvalue weighted by molar-refractivity contribution is 7.45. The van der Waals surface area contributed by atoms with Crippen molar-refractivity contribution >= 4 is 8.53 Å². The van der Waals surface area contributed by atoms with Crippen LogP contribution in [0.3, 0.4) is 0 Å². The summed E-state index contributed by atoms with van der Waals surface area (Å²) in [5.41, 5.74) is 5.44. The van der Waals surface area contributed by atoms with Gasteiger partial charge in [-0.25, -0.2) is 4.67 Å². The Morgan fingerprint density at radius 1 is 1.00 bits per heavy atom. The lowest BCUT2D eigenvalue weighted by molar-refractivity contribution is 0.407. The lowest BCUT2D eigenvalue weighted by Crippen LogP contribution is -2.17. The molecule has 2 aliphatic rings. The highest BCUT2D eigenvalue weighted by Crippen LogP contribution is 2.54. The van der Waals surface area contributed by atoms with Crippen molar-refractivity contribution in [2.24, 2.45) is 0 Å². The first-order chi connectivity index (χ1) is 10.6. The molecule has 0 spiro atoms. The summed E-state index contributed by atoms with van der Waals surface area (Å²) >= 11 is 0. The number of fused-ring (bicyclic) bond motifs is 2. The molecule has 114 valence electrons. The third-order valence-electron chi connectivity index (χ3n) is 4.52. The van der Waals surface area contributed by atoms with Gasteiger partial charge in [0.15, 0.2) is 0 Å². The van der Waals surface area contributed by atoms with Crippen LogP contribution in [0.4, 0.5) is 0 Å². The molecule has 2 unspecified atom stereocenters. The Morgan fingerprint density at radius 3 is 2.41 bits per heavy atom. The van der Waals surface area contributed by atoms with E-state index in [1.807, 2.05) is 18.8 Å². The lowest BCUT2D eigenvalue weighted by Gasteiger charge is -2.30. The smallest absolute Gasteiger partial charge is 0.384 e. The molecule has 0 saturated heterocycles. The van der Waals surface area contributed by atoms with Crippen molar-refractivity contribution in [3.63, 3.8) is 0 Å². The van der Waals surface area contributed by atoms with Gasteiger partial charge < -0.3 is 9.05 Å². The fourth-order valence-corrected chi connectivity index (χ4v) is 4.56. The minimum absolute atomic E-state index is 0.390. The molecular formula is C18H20NO2P. The maximum absolute atomic E-state index is 6.26. The Hall–Kier alpha value is -1.57. The van der Waals surface area contributed by atoms with Gasteiger partial charge in [0.1, 0.15) is 11.5 Å². The summed E-state index contributed by atoms with van der Waals surface area (Å²) in [6.07, 6.45) is 2.25. The zero-order chi connectivity index (χ0) is 15.3. The molecule has 4 rings (SSSR count). The second kappa shape index (κ2) is 5.26. The molecule has 0 amide bonds. The fourth-order valence-electron chi connectivity index (χ4n) is 3.55. The van der Waals surface area contributed by atoms with E-state index in [9.17, 15) is 0 Å². The van der Waals surface area contributed by atoms with Crippen molar-refractivity contribution in [2.75, 3.05) is 14.1 Å². The summed E-state index contributed by atoms with van der Waals surface area (Å²) < 4.78 is 14.5. The van der Waals surface area contributed by atoms with Crippen molar-refractivity contribution in [3.8, 4) is 11.5 Å². The Bertz CT molecular complexity index is 729. The molecule has 3 nitrogen and oxygen atoms in total. The number of hydrogen-bond acceptors (Lipinski definition) is 3. The van der Waals surface area contributed by atoms with Gasteiger partial charge in [-0.1, -0.05) is 24.3 Å². The second-order valence-electron chi connectivity index (χ2n) is 6.17. The van der Waals surface area contributed by atoms with E-state index < -0.39 is 8.53 Å². The average molecular weight is 313 g/mol. The van der Waals surface area contributed by atoms with Crippen molar-refractivity contribution < 1.29 is 9.05 Å². The maximum atomic E-state index is 6.26. The third-order valence-corrected chi connectivity index (χ3v) is 5.88. The maximum Gasteiger partial charge on any atom is 0.384 e. The van der Waals surface area contributed by atoms with Gasteiger partial charge in [0.05, 0.1) is 0 Å². The minimum Gasteiger partial charge on any atom is -0.427 e. The van der Waals surface area contributed by atoms with Gasteiger partial charge in [0.2, 0.25) is 0 Å². The van der Waals surface area contributed by atoms with Crippen LogP contribution in [0.2, 0.25) is 0 Å². The molecule has 1 heterocycles. The van der Waals surface area contributed by atoms with Crippen molar-refractivity contribution in [2.45, 2.75) is 25.7 Å². The standard InChI is InChI=1S/C18H20NO2P/c1-12-6-4-8-15-17(12)14-11-10-13-7-5-9-16(18(13)14)21-22(20-15)19(2)3/h4-9,14H,10-11H2,1-3H3. The molecule has 2 aromatic rings. The van der Waals surface area contributed by atoms with E-state index in [0.29, 0.717) is 5.92 Å². The van der Waals surface area contributed by atoms with Crippen molar-refractivity contribution in [1.82, 2.24) is 4.67 Å². The summed E-state index contributed by atoms with van der Waals surface area (Å²) in [7, 11) is 2.88. The molecule has 0 fully saturated rings. The minimum atomic E-state index is -1.13. The fraction of sp³-hybridized carbons (Fsp3) is 0.333. The van der Waals surface area contributed by atoms with Gasteiger partial charge in [-0.15, -0.1) is 0 Å². The molecular weight excluding hydrogens is 293 g/mol. The van der Waals surface area contributed by atoms with Crippen LogP contribution >= 0.6 is 8.53 Å². The Labute approximate surface area is 132 Å². The zero-order valence-corrected chi connectivity index (χ0v) is 14.1. The van der Waals surface area contributed by atoms with Crippen molar-refractivity contribution in [3.05, 3.63) is 58.7 Å². The lowest BCUT2D eigenvalue weighted by atomic mass is 9.88. The Balaban J connectivity index is 1.95. The van der Waals surface area contributed by atoms with E-state index in [0.717, 1.165) is 24.3 Å². The molecule has 22 heavy (non-hydrogen) atoms. The number of hydrogen-bond donors (Lipinski definition) is 0. The second-order valence-corrected chi connectivity index (χ2v) is 7.82. The van der Waals surface area contributed by atoms with E-state index in [1.165, 1.54) is 22.3 Å². The normalized spacial score (nSPS) is 22.2. The zero-order valence-electron chi connectivity index (χ0n) is 13.2. The first-order valence-corrected chi connectivity index (χ1v) is 8.83. The largest absolute Gasteiger partial charge is 0.427 e. The predicted molar refractivity (Wildman–Crippen MR) is 89.6 cm³/mol. The first-order valence-electron chi connectivity index (χ1n) is 7.70. The molecule has 0 N–H and O–H groups in total. The van der Waals surface area contributed by atoms with Crippen LogP contribution in [0.15, 0.2) is 36.4 Å². The summed E-state index contributed by atoms with van der Waals surface area (Å²) in [6, 6.07) is 12.8. The quantitative estimate of drug-likeness (QED) is 0.716. The molecule has 2 atom stereocenters. The van der Waals surface area contributed by atoms with E-state index in [-0.39, 0.29) is 0 Å². The Kier molecular flexibility index (Phi) is 3.36. The summed E-state index contributed by atoms with van der Waals surface area (Å²) in [6.45, 7) is 2.18. The van der Waals surface area contributed by atoms with Crippen LogP contribution in [-0.4, -0.2) is 18.8 Å². The molecule has 0 bridgehead atoms. The number of rotatable bonds is 1. The van der Waals surface area contributed by atoms with Gasteiger partial charge >= 0.3 is 8.53 Å². The van der Waals surface area contributed by atoms with E-state index in [2.05, 4.69) is 43.3 Å². The van der Waals surface area contributed by atoms with E-state index in [4.69, 9.17) is 9.05 Å². The van der Waals surface area contributed by atoms with Crippen LogP contribution < -0.4 is 9.05 Å². The summed E-state index contributed by atoms with van der Waals surface area (Å²) in [5, 5.41) is 0. The molecule has 1 aliphatic carbocycles. The van der Waals surface area contributed by atoms with Crippen LogP contribution in [0, 0.1) is 6.92 Å². The topological polar surface area (TPSA) is 21.7 Å². The first kappa shape index (κ1) is 14.0. The highest BCUT2D eigenvalue weighted by atomic mass is 31.2. The molecule has 4 heteroatoms. The van der Waals surface area contributed by atoms with Crippen LogP contribution in [0.5, 0.6) is 11.5 Å². The van der Waals surface area contributed by atoms with Crippen LogP contribution in [-0.2, 0) is 6.42 Å². The van der Waals surface area contributed by atoms with Gasteiger partial charge in [0.25, 0.3) is 0 Å². The van der Waals surface area contributed by atoms with Gasteiger partial charge in [-0.05, 0) is 57.1 Å². The SMILES string of the molecule is Cc1cccc2c1C1CCc3cccc(c31)OP(N(C)C)O2. The number of aryl methyl sites for hydroxylation is 2. The summed E-state index contributed by atoms with van der Waals surface area (Å²) in [5.74, 6) is 2.36. The number of nitrogens with zero attached hydrogens (tertiary/aromatic N) is 1. The molecule has 0 radical (unpaired) electrons. The van der Waals surface area contributed by atoms with Gasteiger partial charge in [0, 0.05) is 17.0 Å². The Morgan fingerprint density at radius 2 is 1.68 bits per heavy atom. The summed E-state index contributed by atoms with van der Waals surface area (Å²) in [4.78, 5) is 0. The monoisotopic (exact) mass is 313 g/mol. The average Bonchev–Trinajstić information content (AvgIpc) is 2.89. The molecule has 0 aromatic heterocycles. The van der Waals surface area contributed by atoms with Crippen LogP contribution in [0.1, 0.15) is 34.6 Å². The van der Waals surface area contributed by atoms with E-state index in [1.54, 1.807) is 0 Å². The van der Waals surface area contributed by atoms with Crippen molar-refractivity contribution in [1.29, 1.82) is 0 Å². The third kappa shape index (κ3) is 2.12. The predicted octanol–water partition coefficient (Wildman–Crippen LogP) is 4.63. The molecule has 2 aromatic carbocycles. The molecule has 0 saturated carbocycles. The van der Waals surface area contributed by atoms with E-state index >= 15 is 0 Å². The number of benzene rings is 2. The van der Waals surface area contributed by atoms with Crippen LogP contribution in [0.25, 0.3) is 0 Å². The highest BCUT2D eigenvalue weighted by Gasteiger charge is 2.35. The molecule has 1 aliphatic heterocycles.